The second kappa shape index (κ2) is 21.4. The fourth-order valence-corrected chi connectivity index (χ4v) is 6.65. The van der Waals surface area contributed by atoms with Gasteiger partial charge in [0.25, 0.3) is 0 Å². The molecule has 0 saturated carbocycles. The Kier molecular flexibility index (Phi) is 16.1. The predicted octanol–water partition coefficient (Wildman–Crippen LogP) is 10.3. The third-order valence-electron chi connectivity index (χ3n) is 10.3. The van der Waals surface area contributed by atoms with E-state index in [1.807, 2.05) is 37.3 Å². The van der Waals surface area contributed by atoms with Crippen molar-refractivity contribution < 1.29 is 45.4 Å². The number of carbonyl (C=O) groups is 2. The number of carbonyl (C=O) groups excluding carboxylic acids is 2. The number of halogens is 6. The molecule has 8 nitrogen and oxygen atoms in total. The van der Waals surface area contributed by atoms with Crippen molar-refractivity contribution in [2.45, 2.75) is 44.2 Å². The molecule has 4 N–H and O–H groups in total. The van der Waals surface area contributed by atoms with Gasteiger partial charge in [-0.3, -0.25) is 9.59 Å². The third-order valence-corrected chi connectivity index (χ3v) is 10.3. The normalized spacial score (nSPS) is 12.3. The molecule has 330 valence electrons. The van der Waals surface area contributed by atoms with E-state index in [1.54, 1.807) is 84.8 Å². The van der Waals surface area contributed by atoms with Gasteiger partial charge in [0.2, 0.25) is 11.8 Å². The second-order valence-electron chi connectivity index (χ2n) is 14.5. The minimum atomic E-state index is -4.39. The fraction of sp³-hybridized carbons (Fsp3) is 0.224. The van der Waals surface area contributed by atoms with Gasteiger partial charge in [0.05, 0.1) is 31.0 Å². The van der Waals surface area contributed by atoms with Gasteiger partial charge in [-0.2, -0.15) is 26.3 Å². The SMILES string of the molecule is COc1ccc(C)c(N(CCc2ccc(C(F)(F)F)cc2)C(=O)C(N)c2ccccc2)c1.COc1cccc(N(CCc2ccc(C(F)(F)F)cc2)C(=O)C(N)c2ccccc2)c1. The predicted molar refractivity (Wildman–Crippen MR) is 232 cm³/mol. The van der Waals surface area contributed by atoms with Gasteiger partial charge in [0.15, 0.2) is 0 Å². The van der Waals surface area contributed by atoms with Crippen LogP contribution in [0.5, 0.6) is 11.5 Å². The number of hydrogen-bond acceptors (Lipinski definition) is 6. The van der Waals surface area contributed by atoms with E-state index in [0.717, 1.165) is 29.8 Å². The summed E-state index contributed by atoms with van der Waals surface area (Å²) in [5.41, 5.74) is 15.9. The van der Waals surface area contributed by atoms with Crippen LogP contribution < -0.4 is 30.7 Å². The summed E-state index contributed by atoms with van der Waals surface area (Å²) >= 11 is 0. The van der Waals surface area contributed by atoms with Crippen LogP contribution in [-0.2, 0) is 34.8 Å². The lowest BCUT2D eigenvalue weighted by molar-refractivity contribution is -0.138. The maximum absolute atomic E-state index is 13.4. The first-order valence-electron chi connectivity index (χ1n) is 19.8. The highest BCUT2D eigenvalue weighted by atomic mass is 19.4. The lowest BCUT2D eigenvalue weighted by Crippen LogP contribution is -2.40. The molecule has 0 bridgehead atoms. The maximum Gasteiger partial charge on any atom is 0.416 e. The molecule has 0 aromatic heterocycles. The van der Waals surface area contributed by atoms with Crippen molar-refractivity contribution in [1.29, 1.82) is 0 Å². The number of aryl methyl sites for hydroxylation is 1. The fourth-order valence-electron chi connectivity index (χ4n) is 6.65. The van der Waals surface area contributed by atoms with Crippen molar-refractivity contribution in [2.75, 3.05) is 37.1 Å². The molecule has 0 aliphatic carbocycles. The Morgan fingerprint density at radius 1 is 0.540 bits per heavy atom. The van der Waals surface area contributed by atoms with Gasteiger partial charge >= 0.3 is 12.4 Å². The number of nitrogens with zero attached hydrogens (tertiary/aromatic N) is 2. The van der Waals surface area contributed by atoms with Crippen molar-refractivity contribution in [3.05, 3.63) is 191 Å². The van der Waals surface area contributed by atoms with E-state index in [4.69, 9.17) is 20.9 Å². The van der Waals surface area contributed by atoms with Crippen molar-refractivity contribution in [2.24, 2.45) is 11.5 Å². The molecule has 0 saturated heterocycles. The van der Waals surface area contributed by atoms with Crippen LogP contribution in [0.4, 0.5) is 37.7 Å². The highest BCUT2D eigenvalue weighted by Gasteiger charge is 2.31. The molecule has 6 aromatic carbocycles. The Hall–Kier alpha value is -6.64. The van der Waals surface area contributed by atoms with Crippen LogP contribution in [0, 0.1) is 6.92 Å². The maximum atomic E-state index is 13.4. The van der Waals surface area contributed by atoms with Gasteiger partial charge in [-0.1, -0.05) is 97.1 Å². The molecule has 14 heteroatoms. The van der Waals surface area contributed by atoms with Crippen molar-refractivity contribution in [3.63, 3.8) is 0 Å². The average molecular weight is 871 g/mol. The molecule has 0 fully saturated rings. The molecule has 0 radical (unpaired) electrons. The topological polar surface area (TPSA) is 111 Å². The molecule has 0 spiro atoms. The highest BCUT2D eigenvalue weighted by Crippen LogP contribution is 2.32. The van der Waals surface area contributed by atoms with Crippen LogP contribution in [0.2, 0.25) is 0 Å². The lowest BCUT2D eigenvalue weighted by Gasteiger charge is -2.28. The minimum absolute atomic E-state index is 0.248. The molecular formula is C49H48F6N4O4. The van der Waals surface area contributed by atoms with Crippen molar-refractivity contribution in [3.8, 4) is 11.5 Å². The van der Waals surface area contributed by atoms with Crippen LogP contribution in [0.3, 0.4) is 0 Å². The van der Waals surface area contributed by atoms with E-state index < -0.39 is 35.6 Å². The first kappa shape index (κ1) is 47.4. The zero-order valence-corrected chi connectivity index (χ0v) is 34.9. The van der Waals surface area contributed by atoms with Crippen molar-refractivity contribution in [1.82, 2.24) is 0 Å². The first-order valence-corrected chi connectivity index (χ1v) is 19.8. The standard InChI is InChI=1S/C25H25F3N2O2.C24H23F3N2O2/c1-17-8-13-21(32-2)16-22(17)30(24(31)23(29)19-6-4-3-5-7-19)15-14-18-9-11-20(12-10-18)25(26,27)28;1-31-21-9-5-8-20(16-21)29(23(30)22(28)18-6-3-2-4-7-18)15-14-17-10-12-19(13-11-17)24(25,26)27/h3-13,16,23H,14-15,29H2,1-2H3;2-13,16,22H,14-15,28H2,1H3. The summed E-state index contributed by atoms with van der Waals surface area (Å²) in [4.78, 5) is 29.8. The number of hydrogen-bond donors (Lipinski definition) is 2. The molecular weight excluding hydrogens is 823 g/mol. The number of methoxy groups -OCH3 is 2. The Morgan fingerprint density at radius 2 is 0.968 bits per heavy atom. The number of alkyl halides is 6. The van der Waals surface area contributed by atoms with E-state index in [1.165, 1.54) is 36.3 Å². The highest BCUT2D eigenvalue weighted by molar-refractivity contribution is 5.99. The van der Waals surface area contributed by atoms with E-state index in [9.17, 15) is 35.9 Å². The number of nitrogens with two attached hydrogens (primary N) is 2. The van der Waals surface area contributed by atoms with Gasteiger partial charge in [0.1, 0.15) is 23.6 Å². The van der Waals surface area contributed by atoms with Gasteiger partial charge in [-0.05, 0) is 90.0 Å². The number of benzene rings is 6. The number of rotatable bonds is 14. The second-order valence-corrected chi connectivity index (χ2v) is 14.5. The monoisotopic (exact) mass is 870 g/mol. The minimum Gasteiger partial charge on any atom is -0.497 e. The Balaban J connectivity index is 0.000000238. The van der Waals surface area contributed by atoms with Gasteiger partial charge in [-0.25, -0.2) is 0 Å². The Morgan fingerprint density at radius 3 is 1.41 bits per heavy atom. The van der Waals surface area contributed by atoms with Gasteiger partial charge < -0.3 is 30.7 Å². The van der Waals surface area contributed by atoms with Crippen LogP contribution in [0.15, 0.2) is 152 Å². The summed E-state index contributed by atoms with van der Waals surface area (Å²) in [6, 6.07) is 38.6. The van der Waals surface area contributed by atoms with E-state index in [-0.39, 0.29) is 24.9 Å². The zero-order chi connectivity index (χ0) is 45.7. The summed E-state index contributed by atoms with van der Waals surface area (Å²) in [7, 11) is 3.07. The Bertz CT molecular complexity index is 2400. The third kappa shape index (κ3) is 12.9. The van der Waals surface area contributed by atoms with E-state index >= 15 is 0 Å². The molecule has 2 unspecified atom stereocenters. The number of amides is 2. The van der Waals surface area contributed by atoms with E-state index in [0.29, 0.717) is 58.0 Å². The summed E-state index contributed by atoms with van der Waals surface area (Å²) in [5.74, 6) is 0.551. The largest absolute Gasteiger partial charge is 0.497 e. The van der Waals surface area contributed by atoms with Gasteiger partial charge in [-0.15, -0.1) is 0 Å². The Labute approximate surface area is 362 Å². The van der Waals surface area contributed by atoms with Crippen LogP contribution in [0.1, 0.15) is 51.0 Å². The van der Waals surface area contributed by atoms with Gasteiger partial charge in [0, 0.05) is 30.9 Å². The van der Waals surface area contributed by atoms with E-state index in [2.05, 4.69) is 0 Å². The van der Waals surface area contributed by atoms with Crippen molar-refractivity contribution >= 4 is 23.2 Å². The average Bonchev–Trinajstić information content (AvgIpc) is 3.29. The molecule has 0 aliphatic heterocycles. The quantitative estimate of drug-likeness (QED) is 0.106. The number of anilines is 2. The molecule has 63 heavy (non-hydrogen) atoms. The summed E-state index contributed by atoms with van der Waals surface area (Å²) in [5, 5.41) is 0. The smallest absolute Gasteiger partial charge is 0.416 e. The van der Waals surface area contributed by atoms with Crippen LogP contribution in [0.25, 0.3) is 0 Å². The molecule has 6 aromatic rings. The summed E-state index contributed by atoms with van der Waals surface area (Å²) < 4.78 is 87.5. The lowest BCUT2D eigenvalue weighted by atomic mass is 10.0. The van der Waals surface area contributed by atoms with Crippen LogP contribution >= 0.6 is 0 Å². The molecule has 0 aliphatic rings. The zero-order valence-electron chi connectivity index (χ0n) is 34.9. The first-order chi connectivity index (χ1) is 30.0. The van der Waals surface area contributed by atoms with Crippen LogP contribution in [-0.4, -0.2) is 39.1 Å². The molecule has 6 rings (SSSR count). The molecule has 0 heterocycles. The summed E-state index contributed by atoms with van der Waals surface area (Å²) in [6.45, 7) is 2.37. The summed E-state index contributed by atoms with van der Waals surface area (Å²) in [6.07, 6.45) is -8.05. The molecule has 2 atom stereocenters. The number of ether oxygens (including phenoxy) is 2. The molecule has 2 amide bonds.